The highest BCUT2D eigenvalue weighted by Gasteiger charge is 2.33. The summed E-state index contributed by atoms with van der Waals surface area (Å²) < 4.78 is 5.69. The van der Waals surface area contributed by atoms with Gasteiger partial charge < -0.3 is 15.2 Å². The number of imide groups is 1. The number of anilines is 1. The van der Waals surface area contributed by atoms with Gasteiger partial charge in [0.25, 0.3) is 11.8 Å². The normalized spacial score (nSPS) is 17.1. The fourth-order valence-electron chi connectivity index (χ4n) is 5.10. The monoisotopic (exact) mass is 516 g/mol. The maximum Gasteiger partial charge on any atom is 0.261 e. The van der Waals surface area contributed by atoms with Gasteiger partial charge in [-0.1, -0.05) is 24.3 Å². The number of benzene rings is 3. The van der Waals surface area contributed by atoms with Gasteiger partial charge in [-0.05, 0) is 41.8 Å². The van der Waals surface area contributed by atoms with E-state index in [1.165, 1.54) is 11.8 Å². The maximum atomic E-state index is 13.1. The Morgan fingerprint density at radius 2 is 1.50 bits per heavy atom. The van der Waals surface area contributed by atoms with E-state index in [-0.39, 0.29) is 24.3 Å². The molecule has 2 aliphatic rings. The number of hydrogen-bond donors (Lipinski definition) is 2. The summed E-state index contributed by atoms with van der Waals surface area (Å²) in [5, 5.41) is 14.8. The zero-order chi connectivity index (χ0) is 26.6. The molecule has 3 amide bonds. The Balaban J connectivity index is 1.06. The van der Waals surface area contributed by atoms with Gasteiger partial charge in [-0.15, -0.1) is 0 Å². The lowest BCUT2D eigenvalue weighted by Gasteiger charge is -2.36. The van der Waals surface area contributed by atoms with Crippen LogP contribution in [0, 0.1) is 0 Å². The number of rotatable bonds is 9. The molecule has 38 heavy (non-hydrogen) atoms. The highest BCUT2D eigenvalue weighted by molar-refractivity contribution is 6.25. The van der Waals surface area contributed by atoms with Crippen LogP contribution in [0.1, 0.15) is 27.6 Å². The number of aliphatic hydroxyl groups excluding tert-OH is 1. The minimum Gasteiger partial charge on any atom is -0.491 e. The Morgan fingerprint density at radius 3 is 2.11 bits per heavy atom. The van der Waals surface area contributed by atoms with Crippen LogP contribution in [0.25, 0.3) is 10.8 Å². The first-order valence-electron chi connectivity index (χ1n) is 12.9. The fraction of sp³-hybridized carbons (Fsp3) is 0.345. The van der Waals surface area contributed by atoms with E-state index in [2.05, 4.69) is 15.1 Å². The SMILES string of the molecule is CC(=O)Nc1ccc(OCC(O)CN2CCN(CCN3C(=O)c4cccc5cccc(c45)C3=O)CC2)cc1. The molecule has 9 nitrogen and oxygen atoms in total. The van der Waals surface area contributed by atoms with Crippen LogP contribution in [0.4, 0.5) is 5.69 Å². The summed E-state index contributed by atoms with van der Waals surface area (Å²) >= 11 is 0. The lowest BCUT2D eigenvalue weighted by molar-refractivity contribution is -0.114. The van der Waals surface area contributed by atoms with Crippen molar-refractivity contribution in [2.24, 2.45) is 0 Å². The predicted molar refractivity (Wildman–Crippen MR) is 144 cm³/mol. The molecule has 2 N–H and O–H groups in total. The molecule has 3 aromatic carbocycles. The topological polar surface area (TPSA) is 102 Å². The summed E-state index contributed by atoms with van der Waals surface area (Å²) in [6.07, 6.45) is -0.636. The molecule has 198 valence electrons. The summed E-state index contributed by atoms with van der Waals surface area (Å²) in [5.74, 6) is 0.0338. The van der Waals surface area contributed by atoms with Crippen molar-refractivity contribution in [3.05, 3.63) is 71.8 Å². The first-order valence-corrected chi connectivity index (χ1v) is 12.9. The van der Waals surface area contributed by atoms with Gasteiger partial charge in [-0.3, -0.25) is 29.1 Å². The Morgan fingerprint density at radius 1 is 0.895 bits per heavy atom. The second kappa shape index (κ2) is 11.3. The van der Waals surface area contributed by atoms with E-state index in [0.717, 1.165) is 37.0 Å². The number of β-amino-alcohol motifs (C(OH)–C–C–N with tert-alkyl or cyclic N) is 1. The summed E-state index contributed by atoms with van der Waals surface area (Å²) in [4.78, 5) is 43.1. The van der Waals surface area contributed by atoms with Gasteiger partial charge in [0.05, 0.1) is 0 Å². The molecule has 0 saturated carbocycles. The summed E-state index contributed by atoms with van der Waals surface area (Å²) in [7, 11) is 0. The van der Waals surface area contributed by atoms with Crippen molar-refractivity contribution >= 4 is 34.2 Å². The quantitative estimate of drug-likeness (QED) is 0.421. The van der Waals surface area contributed by atoms with Crippen molar-refractivity contribution in [3.8, 4) is 5.75 Å². The Hall–Kier alpha value is -3.79. The van der Waals surface area contributed by atoms with E-state index in [1.54, 1.807) is 36.4 Å². The molecular weight excluding hydrogens is 484 g/mol. The third-order valence-corrected chi connectivity index (χ3v) is 7.05. The van der Waals surface area contributed by atoms with Crippen LogP contribution in [0.2, 0.25) is 0 Å². The van der Waals surface area contributed by atoms with Gasteiger partial charge in [0.2, 0.25) is 5.91 Å². The third-order valence-electron chi connectivity index (χ3n) is 7.05. The molecule has 0 aliphatic carbocycles. The van der Waals surface area contributed by atoms with Gasteiger partial charge in [-0.25, -0.2) is 0 Å². The van der Waals surface area contributed by atoms with Crippen molar-refractivity contribution in [1.82, 2.24) is 14.7 Å². The Kier molecular flexibility index (Phi) is 7.69. The van der Waals surface area contributed by atoms with Crippen LogP contribution in [0.5, 0.6) is 5.75 Å². The van der Waals surface area contributed by atoms with Crippen molar-refractivity contribution in [3.63, 3.8) is 0 Å². The molecule has 0 spiro atoms. The lowest BCUT2D eigenvalue weighted by atomic mass is 9.94. The zero-order valence-corrected chi connectivity index (χ0v) is 21.4. The van der Waals surface area contributed by atoms with E-state index >= 15 is 0 Å². The molecule has 2 aliphatic heterocycles. The minimum absolute atomic E-state index is 0.133. The van der Waals surface area contributed by atoms with E-state index in [4.69, 9.17) is 4.74 Å². The van der Waals surface area contributed by atoms with Crippen LogP contribution < -0.4 is 10.1 Å². The molecule has 1 saturated heterocycles. The minimum atomic E-state index is -0.636. The largest absolute Gasteiger partial charge is 0.491 e. The number of aliphatic hydroxyl groups is 1. The molecule has 1 fully saturated rings. The van der Waals surface area contributed by atoms with Gasteiger partial charge in [0, 0.05) is 74.9 Å². The van der Waals surface area contributed by atoms with Crippen molar-refractivity contribution in [2.45, 2.75) is 13.0 Å². The molecule has 0 radical (unpaired) electrons. The van der Waals surface area contributed by atoms with Crippen LogP contribution in [0.3, 0.4) is 0 Å². The number of hydrogen-bond acceptors (Lipinski definition) is 7. The number of carbonyl (C=O) groups is 3. The number of nitrogens with one attached hydrogen (secondary N) is 1. The average molecular weight is 517 g/mol. The van der Waals surface area contributed by atoms with Crippen molar-refractivity contribution in [2.75, 3.05) is 57.7 Å². The Bertz CT molecular complexity index is 1280. The number of nitrogens with zero attached hydrogens (tertiary/aromatic N) is 3. The Labute approximate surface area is 221 Å². The van der Waals surface area contributed by atoms with E-state index in [1.807, 2.05) is 24.3 Å². The highest BCUT2D eigenvalue weighted by atomic mass is 16.5. The van der Waals surface area contributed by atoms with E-state index < -0.39 is 6.10 Å². The molecule has 0 aromatic heterocycles. The van der Waals surface area contributed by atoms with Crippen LogP contribution >= 0.6 is 0 Å². The summed E-state index contributed by atoms with van der Waals surface area (Å²) in [6.45, 7) is 6.24. The standard InChI is InChI=1S/C29H32N4O5/c1-20(34)30-22-8-10-24(11-9-22)38-19-23(35)18-32-14-12-31(13-15-32)16-17-33-28(36)25-6-2-4-21-5-3-7-26(27(21)25)29(33)37/h2-11,23,35H,12-19H2,1H3,(H,30,34). The molecule has 3 aromatic rings. The predicted octanol–water partition coefficient (Wildman–Crippen LogP) is 2.45. The smallest absolute Gasteiger partial charge is 0.261 e. The molecule has 2 heterocycles. The van der Waals surface area contributed by atoms with Crippen molar-refractivity contribution in [1.29, 1.82) is 0 Å². The van der Waals surface area contributed by atoms with Gasteiger partial charge in [-0.2, -0.15) is 0 Å². The summed E-state index contributed by atoms with van der Waals surface area (Å²) in [6, 6.07) is 18.2. The summed E-state index contributed by atoms with van der Waals surface area (Å²) in [5.41, 5.74) is 1.87. The first-order chi connectivity index (χ1) is 18.4. The van der Waals surface area contributed by atoms with Crippen LogP contribution in [-0.2, 0) is 4.79 Å². The number of piperazine rings is 1. The first kappa shape index (κ1) is 25.8. The third kappa shape index (κ3) is 5.70. The molecule has 1 atom stereocenters. The van der Waals surface area contributed by atoms with Gasteiger partial charge in [0.15, 0.2) is 0 Å². The number of carbonyl (C=O) groups excluding carboxylic acids is 3. The maximum absolute atomic E-state index is 13.1. The molecule has 5 rings (SSSR count). The molecular formula is C29H32N4O5. The van der Waals surface area contributed by atoms with Gasteiger partial charge in [0.1, 0.15) is 18.5 Å². The van der Waals surface area contributed by atoms with Crippen LogP contribution in [-0.4, -0.2) is 96.1 Å². The van der Waals surface area contributed by atoms with E-state index in [9.17, 15) is 19.5 Å². The second-order valence-electron chi connectivity index (χ2n) is 9.78. The van der Waals surface area contributed by atoms with Crippen molar-refractivity contribution < 1.29 is 24.2 Å². The van der Waals surface area contributed by atoms with E-state index in [0.29, 0.717) is 42.2 Å². The number of ether oxygens (including phenoxy) is 1. The zero-order valence-electron chi connectivity index (χ0n) is 21.4. The highest BCUT2D eigenvalue weighted by Crippen LogP contribution is 2.29. The lowest BCUT2D eigenvalue weighted by Crippen LogP contribution is -2.51. The molecule has 9 heteroatoms. The van der Waals surface area contributed by atoms with Gasteiger partial charge >= 0.3 is 0 Å². The molecule has 0 bridgehead atoms. The second-order valence-corrected chi connectivity index (χ2v) is 9.78. The molecule has 1 unspecified atom stereocenters. The number of amides is 3. The van der Waals surface area contributed by atoms with Crippen LogP contribution in [0.15, 0.2) is 60.7 Å². The average Bonchev–Trinajstić information content (AvgIpc) is 2.92. The fourth-order valence-corrected chi connectivity index (χ4v) is 5.10.